The first-order valence-electron chi connectivity index (χ1n) is 4.61. The summed E-state index contributed by atoms with van der Waals surface area (Å²) in [5, 5.41) is 0. The van der Waals surface area contributed by atoms with Crippen LogP contribution in [0.15, 0.2) is 11.8 Å². The maximum atomic E-state index is 5.47. The molecule has 0 aliphatic heterocycles. The predicted molar refractivity (Wildman–Crippen MR) is 53.2 cm³/mol. The van der Waals surface area contributed by atoms with Crippen molar-refractivity contribution in [1.29, 1.82) is 0 Å². The molecular weight excluding hydrogens is 150 g/mol. The normalized spacial score (nSPS) is 12.2. The number of allylic oxidation sites excluding steroid dienone is 2. The van der Waals surface area contributed by atoms with Crippen molar-refractivity contribution < 1.29 is 4.74 Å². The molecule has 12 heavy (non-hydrogen) atoms. The van der Waals surface area contributed by atoms with Crippen LogP contribution in [0.3, 0.4) is 0 Å². The summed E-state index contributed by atoms with van der Waals surface area (Å²) in [6.45, 7) is 6.06. The third-order valence-electron chi connectivity index (χ3n) is 1.57. The topological polar surface area (TPSA) is 12.5 Å². The molecule has 0 aliphatic carbocycles. The van der Waals surface area contributed by atoms with E-state index in [-0.39, 0.29) is 0 Å². The van der Waals surface area contributed by atoms with Crippen LogP contribution in [0.1, 0.15) is 26.7 Å². The lowest BCUT2D eigenvalue weighted by Crippen LogP contribution is -2.14. The van der Waals surface area contributed by atoms with Gasteiger partial charge in [-0.05, 0) is 39.9 Å². The summed E-state index contributed by atoms with van der Waals surface area (Å²) in [6, 6.07) is 0. The Morgan fingerprint density at radius 1 is 1.42 bits per heavy atom. The van der Waals surface area contributed by atoms with E-state index in [4.69, 9.17) is 4.74 Å². The van der Waals surface area contributed by atoms with Crippen molar-refractivity contribution in [3.63, 3.8) is 0 Å². The van der Waals surface area contributed by atoms with Gasteiger partial charge in [0.25, 0.3) is 0 Å². The van der Waals surface area contributed by atoms with Crippen molar-refractivity contribution in [2.45, 2.75) is 26.7 Å². The number of ether oxygens (including phenoxy) is 1. The van der Waals surface area contributed by atoms with Gasteiger partial charge in [-0.1, -0.05) is 6.92 Å². The molecular formula is C10H21NO. The molecule has 0 heterocycles. The van der Waals surface area contributed by atoms with Gasteiger partial charge in [0.1, 0.15) is 0 Å². The SMILES string of the molecule is CCC=C(C)OCCCN(C)C. The van der Waals surface area contributed by atoms with Crippen LogP contribution >= 0.6 is 0 Å². The van der Waals surface area contributed by atoms with Gasteiger partial charge < -0.3 is 9.64 Å². The average Bonchev–Trinajstić information content (AvgIpc) is 1.98. The summed E-state index contributed by atoms with van der Waals surface area (Å²) >= 11 is 0. The van der Waals surface area contributed by atoms with E-state index < -0.39 is 0 Å². The van der Waals surface area contributed by atoms with Crippen LogP contribution in [0.4, 0.5) is 0 Å². The number of hydrogen-bond donors (Lipinski definition) is 0. The minimum absolute atomic E-state index is 0.834. The molecule has 0 aromatic rings. The zero-order chi connectivity index (χ0) is 9.40. The Hall–Kier alpha value is -0.500. The van der Waals surface area contributed by atoms with Gasteiger partial charge in [-0.25, -0.2) is 0 Å². The first-order chi connectivity index (χ1) is 5.66. The predicted octanol–water partition coefficient (Wildman–Crippen LogP) is 2.27. The standard InChI is InChI=1S/C10H21NO/c1-5-7-10(2)12-9-6-8-11(3)4/h7H,5-6,8-9H2,1-4H3. The van der Waals surface area contributed by atoms with Gasteiger partial charge in [0.15, 0.2) is 0 Å². The van der Waals surface area contributed by atoms with Crippen LogP contribution in [-0.2, 0) is 4.74 Å². The Labute approximate surface area is 76.2 Å². The molecule has 72 valence electrons. The van der Waals surface area contributed by atoms with Crippen molar-refractivity contribution >= 4 is 0 Å². The Morgan fingerprint density at radius 3 is 2.58 bits per heavy atom. The molecule has 0 aliphatic rings. The van der Waals surface area contributed by atoms with E-state index >= 15 is 0 Å². The minimum Gasteiger partial charge on any atom is -0.499 e. The molecule has 0 unspecified atom stereocenters. The van der Waals surface area contributed by atoms with Crippen LogP contribution < -0.4 is 0 Å². The molecule has 0 aromatic carbocycles. The van der Waals surface area contributed by atoms with Crippen LogP contribution in [0.2, 0.25) is 0 Å². The molecule has 0 atom stereocenters. The zero-order valence-electron chi connectivity index (χ0n) is 8.76. The Balaban J connectivity index is 3.25. The lowest BCUT2D eigenvalue weighted by atomic mass is 10.4. The van der Waals surface area contributed by atoms with Gasteiger partial charge in [-0.3, -0.25) is 0 Å². The van der Waals surface area contributed by atoms with Gasteiger partial charge in [0.05, 0.1) is 12.4 Å². The Kier molecular flexibility index (Phi) is 6.87. The first-order valence-corrected chi connectivity index (χ1v) is 4.61. The van der Waals surface area contributed by atoms with Gasteiger partial charge in [0, 0.05) is 6.54 Å². The molecule has 2 heteroatoms. The maximum absolute atomic E-state index is 5.47. The number of nitrogens with zero attached hydrogens (tertiary/aromatic N) is 1. The molecule has 0 aromatic heterocycles. The van der Waals surface area contributed by atoms with Crippen LogP contribution in [0, 0.1) is 0 Å². The summed E-state index contributed by atoms with van der Waals surface area (Å²) in [7, 11) is 4.16. The van der Waals surface area contributed by atoms with E-state index in [1.807, 2.05) is 6.92 Å². The Bertz CT molecular complexity index is 130. The fourth-order valence-corrected chi connectivity index (χ4v) is 0.960. The molecule has 0 fully saturated rings. The summed E-state index contributed by atoms with van der Waals surface area (Å²) in [6.07, 6.45) is 4.26. The van der Waals surface area contributed by atoms with Crippen molar-refractivity contribution in [3.05, 3.63) is 11.8 Å². The van der Waals surface area contributed by atoms with E-state index in [2.05, 4.69) is 32.0 Å². The zero-order valence-corrected chi connectivity index (χ0v) is 8.76. The summed E-state index contributed by atoms with van der Waals surface area (Å²) in [5.41, 5.74) is 0. The molecule has 0 saturated heterocycles. The second kappa shape index (κ2) is 7.17. The van der Waals surface area contributed by atoms with Crippen LogP contribution in [-0.4, -0.2) is 32.1 Å². The Morgan fingerprint density at radius 2 is 2.08 bits per heavy atom. The maximum Gasteiger partial charge on any atom is 0.0889 e. The third-order valence-corrected chi connectivity index (χ3v) is 1.57. The van der Waals surface area contributed by atoms with E-state index in [1.165, 1.54) is 0 Å². The second-order valence-electron chi connectivity index (χ2n) is 3.23. The van der Waals surface area contributed by atoms with Gasteiger partial charge in [0.2, 0.25) is 0 Å². The smallest absolute Gasteiger partial charge is 0.0889 e. The van der Waals surface area contributed by atoms with Crippen molar-refractivity contribution in [2.75, 3.05) is 27.2 Å². The van der Waals surface area contributed by atoms with Crippen LogP contribution in [0.25, 0.3) is 0 Å². The van der Waals surface area contributed by atoms with Crippen molar-refractivity contribution in [1.82, 2.24) is 4.90 Å². The fraction of sp³-hybridized carbons (Fsp3) is 0.800. The molecule has 0 radical (unpaired) electrons. The van der Waals surface area contributed by atoms with Gasteiger partial charge in [-0.15, -0.1) is 0 Å². The van der Waals surface area contributed by atoms with Crippen molar-refractivity contribution in [2.24, 2.45) is 0 Å². The summed E-state index contributed by atoms with van der Waals surface area (Å²) < 4.78 is 5.47. The largest absolute Gasteiger partial charge is 0.499 e. The molecule has 0 amide bonds. The first kappa shape index (κ1) is 11.5. The molecule has 0 N–H and O–H groups in total. The minimum atomic E-state index is 0.834. The monoisotopic (exact) mass is 171 g/mol. The summed E-state index contributed by atoms with van der Waals surface area (Å²) in [5.74, 6) is 1.05. The number of rotatable bonds is 6. The summed E-state index contributed by atoms with van der Waals surface area (Å²) in [4.78, 5) is 2.17. The number of hydrogen-bond acceptors (Lipinski definition) is 2. The molecule has 0 bridgehead atoms. The lowest BCUT2D eigenvalue weighted by molar-refractivity contribution is 0.197. The van der Waals surface area contributed by atoms with E-state index in [0.29, 0.717) is 0 Å². The molecule has 0 rings (SSSR count). The molecule has 0 saturated carbocycles. The molecule has 2 nitrogen and oxygen atoms in total. The van der Waals surface area contributed by atoms with Crippen molar-refractivity contribution in [3.8, 4) is 0 Å². The second-order valence-corrected chi connectivity index (χ2v) is 3.23. The highest BCUT2D eigenvalue weighted by Crippen LogP contribution is 1.98. The average molecular weight is 171 g/mol. The van der Waals surface area contributed by atoms with Gasteiger partial charge >= 0.3 is 0 Å². The third kappa shape index (κ3) is 7.61. The quantitative estimate of drug-likeness (QED) is 0.449. The highest BCUT2D eigenvalue weighted by Gasteiger charge is 1.91. The lowest BCUT2D eigenvalue weighted by Gasteiger charge is -2.10. The van der Waals surface area contributed by atoms with Crippen LogP contribution in [0.5, 0.6) is 0 Å². The van der Waals surface area contributed by atoms with E-state index in [1.54, 1.807) is 0 Å². The highest BCUT2D eigenvalue weighted by molar-refractivity contribution is 4.86. The fourth-order valence-electron chi connectivity index (χ4n) is 0.960. The van der Waals surface area contributed by atoms with E-state index in [0.717, 1.165) is 31.8 Å². The van der Waals surface area contributed by atoms with Gasteiger partial charge in [-0.2, -0.15) is 0 Å². The van der Waals surface area contributed by atoms with E-state index in [9.17, 15) is 0 Å². The molecule has 0 spiro atoms. The highest BCUT2D eigenvalue weighted by atomic mass is 16.5.